The van der Waals surface area contributed by atoms with Gasteiger partial charge in [-0.15, -0.1) is 0 Å². The van der Waals surface area contributed by atoms with Crippen LogP contribution in [0.4, 0.5) is 0 Å². The van der Waals surface area contributed by atoms with Crippen molar-refractivity contribution in [1.82, 2.24) is 0 Å². The summed E-state index contributed by atoms with van der Waals surface area (Å²) in [7, 11) is 0. The first kappa shape index (κ1) is 10.5. The van der Waals surface area contributed by atoms with Crippen LogP contribution in [0.1, 0.15) is 24.5 Å². The van der Waals surface area contributed by atoms with Gasteiger partial charge in [0.2, 0.25) is 0 Å². The maximum atomic E-state index is 10.4. The molecule has 0 bridgehead atoms. The van der Waals surface area contributed by atoms with Gasteiger partial charge in [-0.25, -0.2) is 0 Å². The second-order valence-corrected chi connectivity index (χ2v) is 3.37. The Morgan fingerprint density at radius 2 is 2.21 bits per heavy atom. The number of benzene rings is 1. The number of hydrogen-bond donors (Lipinski definition) is 1. The highest BCUT2D eigenvalue weighted by Gasteiger charge is 2.00. The van der Waals surface area contributed by atoms with Crippen LogP contribution in [0.25, 0.3) is 5.57 Å². The number of hydrogen-bond acceptors (Lipinski definition) is 1. The van der Waals surface area contributed by atoms with Crippen molar-refractivity contribution in [3.63, 3.8) is 0 Å². The van der Waals surface area contributed by atoms with E-state index in [0.29, 0.717) is 6.42 Å². The van der Waals surface area contributed by atoms with Gasteiger partial charge in [0, 0.05) is 6.42 Å². The van der Waals surface area contributed by atoms with Gasteiger partial charge in [-0.05, 0) is 24.5 Å². The highest BCUT2D eigenvalue weighted by molar-refractivity contribution is 5.67. The molecular weight excluding hydrogens is 176 g/mol. The predicted octanol–water partition coefficient (Wildman–Crippen LogP) is 2.74. The second-order valence-electron chi connectivity index (χ2n) is 3.37. The number of rotatable bonds is 4. The van der Waals surface area contributed by atoms with E-state index in [2.05, 4.69) is 6.58 Å². The number of aryl methyl sites for hydroxylation is 1. The molecule has 0 spiro atoms. The summed E-state index contributed by atoms with van der Waals surface area (Å²) in [5.74, 6) is -0.759. The van der Waals surface area contributed by atoms with Gasteiger partial charge in [0.15, 0.2) is 0 Å². The molecule has 1 aromatic carbocycles. The summed E-state index contributed by atoms with van der Waals surface area (Å²) in [6.07, 6.45) is 0.760. The quantitative estimate of drug-likeness (QED) is 0.792. The molecule has 1 N–H and O–H groups in total. The lowest BCUT2D eigenvalue weighted by molar-refractivity contribution is -0.136. The largest absolute Gasteiger partial charge is 0.481 e. The standard InChI is InChI=1S/C12H14O2/c1-9(2)11-5-3-4-10(8-11)6-7-12(13)14/h3-5,8H,1,6-7H2,2H3,(H,13,14). The minimum atomic E-state index is -0.759. The first-order valence-electron chi connectivity index (χ1n) is 4.56. The highest BCUT2D eigenvalue weighted by Crippen LogP contribution is 2.14. The van der Waals surface area contributed by atoms with Crippen molar-refractivity contribution in [2.75, 3.05) is 0 Å². The van der Waals surface area contributed by atoms with Gasteiger partial charge < -0.3 is 5.11 Å². The van der Waals surface area contributed by atoms with Crippen LogP contribution in [0.2, 0.25) is 0 Å². The smallest absolute Gasteiger partial charge is 0.303 e. The van der Waals surface area contributed by atoms with E-state index >= 15 is 0 Å². The molecule has 1 rings (SSSR count). The summed E-state index contributed by atoms with van der Waals surface area (Å²) in [4.78, 5) is 10.4. The third-order valence-corrected chi connectivity index (χ3v) is 2.05. The molecule has 14 heavy (non-hydrogen) atoms. The topological polar surface area (TPSA) is 37.3 Å². The van der Waals surface area contributed by atoms with Gasteiger partial charge in [0.05, 0.1) is 0 Å². The summed E-state index contributed by atoms with van der Waals surface area (Å²) in [5, 5.41) is 8.54. The zero-order valence-electron chi connectivity index (χ0n) is 8.29. The van der Waals surface area contributed by atoms with Crippen molar-refractivity contribution in [3.05, 3.63) is 42.0 Å². The van der Waals surface area contributed by atoms with Crippen molar-refractivity contribution in [2.45, 2.75) is 19.8 Å². The monoisotopic (exact) mass is 190 g/mol. The number of carboxylic acid groups (broad SMARTS) is 1. The fourth-order valence-corrected chi connectivity index (χ4v) is 1.24. The van der Waals surface area contributed by atoms with Crippen LogP contribution in [0.15, 0.2) is 30.8 Å². The molecule has 0 atom stereocenters. The van der Waals surface area contributed by atoms with E-state index in [0.717, 1.165) is 16.7 Å². The summed E-state index contributed by atoms with van der Waals surface area (Å²) in [6.45, 7) is 5.79. The molecule has 1 aromatic rings. The lowest BCUT2D eigenvalue weighted by Crippen LogP contribution is -1.97. The molecule has 0 aliphatic rings. The summed E-state index contributed by atoms with van der Waals surface area (Å²) < 4.78 is 0. The lowest BCUT2D eigenvalue weighted by Gasteiger charge is -2.03. The van der Waals surface area contributed by atoms with Crippen LogP contribution in [0, 0.1) is 0 Å². The lowest BCUT2D eigenvalue weighted by atomic mass is 10.0. The molecule has 0 fully saturated rings. The zero-order valence-corrected chi connectivity index (χ0v) is 8.29. The molecule has 2 nitrogen and oxygen atoms in total. The maximum absolute atomic E-state index is 10.4. The average molecular weight is 190 g/mol. The van der Waals surface area contributed by atoms with Gasteiger partial charge in [-0.3, -0.25) is 4.79 Å². The average Bonchev–Trinajstić information content (AvgIpc) is 2.15. The van der Waals surface area contributed by atoms with Gasteiger partial charge in [0.25, 0.3) is 0 Å². The van der Waals surface area contributed by atoms with E-state index in [9.17, 15) is 4.79 Å². The van der Waals surface area contributed by atoms with E-state index in [1.54, 1.807) is 0 Å². The Labute approximate surface area is 83.9 Å². The molecule has 0 saturated heterocycles. The Hall–Kier alpha value is -1.57. The Morgan fingerprint density at radius 1 is 1.50 bits per heavy atom. The van der Waals surface area contributed by atoms with Crippen LogP contribution in [-0.2, 0) is 11.2 Å². The minimum absolute atomic E-state index is 0.180. The highest BCUT2D eigenvalue weighted by atomic mass is 16.4. The predicted molar refractivity (Wildman–Crippen MR) is 57.1 cm³/mol. The minimum Gasteiger partial charge on any atom is -0.481 e. The van der Waals surface area contributed by atoms with E-state index in [4.69, 9.17) is 5.11 Å². The fourth-order valence-electron chi connectivity index (χ4n) is 1.24. The first-order chi connectivity index (χ1) is 6.59. The normalized spacial score (nSPS) is 9.79. The fraction of sp³-hybridized carbons (Fsp3) is 0.250. The van der Waals surface area contributed by atoms with Gasteiger partial charge in [-0.2, -0.15) is 0 Å². The van der Waals surface area contributed by atoms with Crippen molar-refractivity contribution in [1.29, 1.82) is 0 Å². The van der Waals surface area contributed by atoms with Crippen molar-refractivity contribution in [3.8, 4) is 0 Å². The Bertz CT molecular complexity index is 353. The summed E-state index contributed by atoms with van der Waals surface area (Å²) >= 11 is 0. The van der Waals surface area contributed by atoms with Crippen LogP contribution in [0.5, 0.6) is 0 Å². The summed E-state index contributed by atoms with van der Waals surface area (Å²) in [6, 6.07) is 7.84. The number of allylic oxidation sites excluding steroid dienone is 1. The maximum Gasteiger partial charge on any atom is 0.303 e. The van der Waals surface area contributed by atoms with E-state index in [1.165, 1.54) is 0 Å². The van der Waals surface area contributed by atoms with Crippen molar-refractivity contribution >= 4 is 11.5 Å². The first-order valence-corrected chi connectivity index (χ1v) is 4.56. The molecule has 0 aliphatic heterocycles. The van der Waals surface area contributed by atoms with Crippen molar-refractivity contribution in [2.24, 2.45) is 0 Å². The number of aliphatic carboxylic acids is 1. The second kappa shape index (κ2) is 4.61. The molecule has 0 heterocycles. The van der Waals surface area contributed by atoms with E-state index < -0.39 is 5.97 Å². The summed E-state index contributed by atoms with van der Waals surface area (Å²) in [5.41, 5.74) is 3.13. The van der Waals surface area contributed by atoms with Crippen LogP contribution in [0.3, 0.4) is 0 Å². The van der Waals surface area contributed by atoms with E-state index in [1.807, 2.05) is 31.2 Å². The molecule has 0 aromatic heterocycles. The Kier molecular flexibility index (Phi) is 3.46. The molecule has 0 unspecified atom stereocenters. The molecule has 0 radical (unpaired) electrons. The molecule has 0 aliphatic carbocycles. The van der Waals surface area contributed by atoms with Gasteiger partial charge >= 0.3 is 5.97 Å². The number of carbonyl (C=O) groups is 1. The Balaban J connectivity index is 2.73. The van der Waals surface area contributed by atoms with Gasteiger partial charge in [-0.1, -0.05) is 36.4 Å². The molecule has 0 amide bonds. The van der Waals surface area contributed by atoms with Gasteiger partial charge in [0.1, 0.15) is 0 Å². The van der Waals surface area contributed by atoms with Crippen LogP contribution >= 0.6 is 0 Å². The molecular formula is C12H14O2. The molecule has 74 valence electrons. The van der Waals surface area contributed by atoms with Crippen LogP contribution < -0.4 is 0 Å². The Morgan fingerprint density at radius 3 is 2.79 bits per heavy atom. The van der Waals surface area contributed by atoms with Crippen LogP contribution in [-0.4, -0.2) is 11.1 Å². The third kappa shape index (κ3) is 3.05. The molecule has 2 heteroatoms. The van der Waals surface area contributed by atoms with Crippen molar-refractivity contribution < 1.29 is 9.90 Å². The SMILES string of the molecule is C=C(C)c1cccc(CCC(=O)O)c1. The van der Waals surface area contributed by atoms with E-state index in [-0.39, 0.29) is 6.42 Å². The molecule has 0 saturated carbocycles. The zero-order chi connectivity index (χ0) is 10.6. The number of carboxylic acids is 1. The third-order valence-electron chi connectivity index (χ3n) is 2.05.